The van der Waals surface area contributed by atoms with E-state index >= 15 is 0 Å². The first-order chi connectivity index (χ1) is 13.1. The van der Waals surface area contributed by atoms with Crippen LogP contribution < -0.4 is 5.32 Å². The summed E-state index contributed by atoms with van der Waals surface area (Å²) in [7, 11) is 0. The Balaban J connectivity index is 1.65. The average molecular weight is 392 g/mol. The van der Waals surface area contributed by atoms with Gasteiger partial charge in [0, 0.05) is 43.4 Å². The number of β-amino-alcohol motifs (C(OH)–C–C–N with tert-alkyl or cyclic N) is 1. The number of aliphatic imine (C=N–C) groups is 1. The van der Waals surface area contributed by atoms with Gasteiger partial charge in [0.05, 0.1) is 18.6 Å². The standard InChI is InChI=1S/C18H22ClN5O3/c1-13-16(17(26)21-15-4-2-14(19)3-5-15)18(27-22-13)20-12-24-8-6-23(7-9-24)10-11-25/h2-5,12,25H,6-11H2,1H3,(H,21,26)/b20-12+. The molecule has 1 amide bonds. The molecule has 8 nitrogen and oxygen atoms in total. The topological polar surface area (TPSA) is 94.2 Å². The van der Waals surface area contributed by atoms with E-state index in [1.165, 1.54) is 0 Å². The Morgan fingerprint density at radius 2 is 2.04 bits per heavy atom. The largest absolute Gasteiger partial charge is 0.395 e. The van der Waals surface area contributed by atoms with Gasteiger partial charge in [-0.3, -0.25) is 9.69 Å². The number of amides is 1. The Morgan fingerprint density at radius 1 is 1.33 bits per heavy atom. The van der Waals surface area contributed by atoms with Crippen LogP contribution in [0.5, 0.6) is 0 Å². The van der Waals surface area contributed by atoms with Crippen LogP contribution >= 0.6 is 11.6 Å². The minimum absolute atomic E-state index is 0.164. The van der Waals surface area contributed by atoms with Gasteiger partial charge in [0.1, 0.15) is 5.56 Å². The lowest BCUT2D eigenvalue weighted by molar-refractivity contribution is 0.102. The van der Waals surface area contributed by atoms with E-state index in [1.54, 1.807) is 37.5 Å². The zero-order chi connectivity index (χ0) is 19.2. The van der Waals surface area contributed by atoms with Gasteiger partial charge in [0.2, 0.25) is 0 Å². The number of carbonyl (C=O) groups is 1. The van der Waals surface area contributed by atoms with E-state index in [4.69, 9.17) is 21.2 Å². The smallest absolute Gasteiger partial charge is 0.264 e. The monoisotopic (exact) mass is 391 g/mol. The average Bonchev–Trinajstić information content (AvgIpc) is 3.04. The van der Waals surface area contributed by atoms with Gasteiger partial charge in [-0.05, 0) is 31.2 Å². The number of hydrogen-bond donors (Lipinski definition) is 2. The molecule has 2 N–H and O–H groups in total. The highest BCUT2D eigenvalue weighted by Crippen LogP contribution is 2.24. The van der Waals surface area contributed by atoms with Gasteiger partial charge in [-0.15, -0.1) is 0 Å². The first-order valence-electron chi connectivity index (χ1n) is 8.71. The van der Waals surface area contributed by atoms with Gasteiger partial charge in [-0.25, -0.2) is 4.99 Å². The molecule has 1 aromatic heterocycles. The minimum Gasteiger partial charge on any atom is -0.395 e. The highest BCUT2D eigenvalue weighted by Gasteiger charge is 2.21. The first kappa shape index (κ1) is 19.3. The lowest BCUT2D eigenvalue weighted by Gasteiger charge is -2.32. The van der Waals surface area contributed by atoms with Gasteiger partial charge in [-0.2, -0.15) is 0 Å². The summed E-state index contributed by atoms with van der Waals surface area (Å²) in [5.41, 5.74) is 1.40. The number of piperazine rings is 1. The van der Waals surface area contributed by atoms with Crippen molar-refractivity contribution in [3.8, 4) is 0 Å². The first-order valence-corrected chi connectivity index (χ1v) is 9.09. The van der Waals surface area contributed by atoms with Crippen LogP contribution in [0.1, 0.15) is 16.1 Å². The third kappa shape index (κ3) is 5.06. The number of carbonyl (C=O) groups excluding carboxylic acids is 1. The number of aliphatic hydroxyl groups excluding tert-OH is 1. The summed E-state index contributed by atoms with van der Waals surface area (Å²) in [6, 6.07) is 6.84. The molecule has 2 heterocycles. The van der Waals surface area contributed by atoms with E-state index in [2.05, 4.69) is 20.4 Å². The molecule has 0 unspecified atom stereocenters. The molecule has 1 saturated heterocycles. The van der Waals surface area contributed by atoms with Crippen LogP contribution in [0.2, 0.25) is 5.02 Å². The Labute approximate surface area is 162 Å². The number of nitrogens with one attached hydrogen (secondary N) is 1. The summed E-state index contributed by atoms with van der Waals surface area (Å²) in [6.07, 6.45) is 1.68. The van der Waals surface area contributed by atoms with Gasteiger partial charge in [-0.1, -0.05) is 16.8 Å². The highest BCUT2D eigenvalue weighted by atomic mass is 35.5. The van der Waals surface area contributed by atoms with Crippen LogP contribution in [-0.4, -0.2) is 71.6 Å². The van der Waals surface area contributed by atoms with Gasteiger partial charge in [0.25, 0.3) is 11.8 Å². The normalized spacial score (nSPS) is 15.4. The second kappa shape index (κ2) is 8.98. The summed E-state index contributed by atoms with van der Waals surface area (Å²) >= 11 is 5.86. The number of hydrogen-bond acceptors (Lipinski definition) is 6. The molecule has 2 aromatic rings. The predicted octanol–water partition coefficient (Wildman–Crippen LogP) is 2.16. The van der Waals surface area contributed by atoms with Crippen molar-refractivity contribution in [1.82, 2.24) is 15.0 Å². The molecule has 0 atom stereocenters. The highest BCUT2D eigenvalue weighted by molar-refractivity contribution is 6.30. The summed E-state index contributed by atoms with van der Waals surface area (Å²) in [6.45, 7) is 5.84. The zero-order valence-electron chi connectivity index (χ0n) is 15.1. The van der Waals surface area contributed by atoms with Crippen molar-refractivity contribution < 1.29 is 14.4 Å². The second-order valence-corrected chi connectivity index (χ2v) is 6.69. The van der Waals surface area contributed by atoms with Crippen molar-refractivity contribution in [2.75, 3.05) is 44.6 Å². The number of rotatable bonds is 6. The fourth-order valence-corrected chi connectivity index (χ4v) is 2.94. The van der Waals surface area contributed by atoms with E-state index in [0.717, 1.165) is 26.2 Å². The van der Waals surface area contributed by atoms with E-state index in [1.807, 2.05) is 4.90 Å². The van der Waals surface area contributed by atoms with Crippen LogP contribution in [0.15, 0.2) is 33.8 Å². The lowest BCUT2D eigenvalue weighted by Crippen LogP contribution is -2.46. The summed E-state index contributed by atoms with van der Waals surface area (Å²) < 4.78 is 5.22. The number of anilines is 1. The molecule has 9 heteroatoms. The fourth-order valence-electron chi connectivity index (χ4n) is 2.81. The lowest BCUT2D eigenvalue weighted by atomic mass is 10.2. The molecular weight excluding hydrogens is 370 g/mol. The summed E-state index contributed by atoms with van der Waals surface area (Å²) in [5, 5.41) is 16.3. The third-order valence-corrected chi connectivity index (χ3v) is 4.59. The van der Waals surface area contributed by atoms with E-state index in [0.29, 0.717) is 28.5 Å². The SMILES string of the molecule is Cc1noc(/N=C/N2CCN(CCO)CC2)c1C(=O)Nc1ccc(Cl)cc1. The van der Waals surface area contributed by atoms with Crippen molar-refractivity contribution in [3.05, 3.63) is 40.5 Å². The van der Waals surface area contributed by atoms with E-state index < -0.39 is 0 Å². The maximum absolute atomic E-state index is 12.6. The van der Waals surface area contributed by atoms with Gasteiger partial charge in [0.15, 0.2) is 0 Å². The molecule has 0 aliphatic carbocycles. The molecule has 0 saturated carbocycles. The number of aryl methyl sites for hydroxylation is 1. The summed E-state index contributed by atoms with van der Waals surface area (Å²) in [4.78, 5) is 21.2. The van der Waals surface area contributed by atoms with Gasteiger partial charge < -0.3 is 19.8 Å². The molecule has 1 aromatic carbocycles. The Hall–Kier alpha value is -2.42. The Kier molecular flexibility index (Phi) is 6.44. The van der Waals surface area contributed by atoms with E-state index in [9.17, 15) is 4.79 Å². The predicted molar refractivity (Wildman–Crippen MR) is 104 cm³/mol. The summed E-state index contributed by atoms with van der Waals surface area (Å²) in [5.74, 6) is -0.160. The van der Waals surface area contributed by atoms with Gasteiger partial charge >= 0.3 is 0 Å². The number of halogens is 1. The molecule has 1 fully saturated rings. The molecule has 3 rings (SSSR count). The number of aliphatic hydroxyl groups is 1. The maximum atomic E-state index is 12.6. The van der Waals surface area contributed by atoms with Crippen molar-refractivity contribution >= 4 is 35.4 Å². The molecule has 1 aliphatic heterocycles. The molecule has 0 bridgehead atoms. The van der Waals surface area contributed by atoms with Crippen LogP contribution in [0.25, 0.3) is 0 Å². The second-order valence-electron chi connectivity index (χ2n) is 6.25. The molecular formula is C18H22ClN5O3. The minimum atomic E-state index is -0.337. The van der Waals surface area contributed by atoms with E-state index in [-0.39, 0.29) is 18.4 Å². The number of benzene rings is 1. The molecule has 1 aliphatic rings. The third-order valence-electron chi connectivity index (χ3n) is 4.34. The maximum Gasteiger partial charge on any atom is 0.264 e. The number of aromatic nitrogens is 1. The van der Waals surface area contributed by atoms with Crippen LogP contribution in [0.3, 0.4) is 0 Å². The number of nitrogens with zero attached hydrogens (tertiary/aromatic N) is 4. The fraction of sp³-hybridized carbons (Fsp3) is 0.389. The Morgan fingerprint density at radius 3 is 2.70 bits per heavy atom. The van der Waals surface area contributed by atoms with Crippen LogP contribution in [0.4, 0.5) is 11.6 Å². The van der Waals surface area contributed by atoms with Crippen molar-refractivity contribution in [2.45, 2.75) is 6.92 Å². The van der Waals surface area contributed by atoms with Crippen molar-refractivity contribution in [1.29, 1.82) is 0 Å². The van der Waals surface area contributed by atoms with Crippen molar-refractivity contribution in [3.63, 3.8) is 0 Å². The Bertz CT molecular complexity index is 798. The van der Waals surface area contributed by atoms with Crippen molar-refractivity contribution in [2.24, 2.45) is 4.99 Å². The van der Waals surface area contributed by atoms with Crippen LogP contribution in [0, 0.1) is 6.92 Å². The quantitative estimate of drug-likeness (QED) is 0.579. The molecule has 0 spiro atoms. The molecule has 27 heavy (non-hydrogen) atoms. The zero-order valence-corrected chi connectivity index (χ0v) is 15.8. The molecule has 0 radical (unpaired) electrons. The van der Waals surface area contributed by atoms with Crippen LogP contribution in [-0.2, 0) is 0 Å². The molecule has 144 valence electrons.